The Labute approximate surface area is 172 Å². The van der Waals surface area contributed by atoms with Gasteiger partial charge in [0.2, 0.25) is 5.16 Å². The summed E-state index contributed by atoms with van der Waals surface area (Å²) < 4.78 is 1.82. The summed E-state index contributed by atoms with van der Waals surface area (Å²) in [4.78, 5) is 4.50. The zero-order chi connectivity index (χ0) is 20.1. The van der Waals surface area contributed by atoms with Crippen LogP contribution in [0.25, 0.3) is 17.8 Å². The maximum absolute atomic E-state index is 9.58. The third-order valence-corrected chi connectivity index (χ3v) is 5.18. The summed E-state index contributed by atoms with van der Waals surface area (Å²) in [5, 5.41) is 22.0. The zero-order valence-electron chi connectivity index (χ0n) is 15.8. The smallest absolute Gasteiger partial charge is 0.209 e. The van der Waals surface area contributed by atoms with E-state index >= 15 is 0 Å². The van der Waals surface area contributed by atoms with E-state index in [4.69, 9.17) is 0 Å². The Hall–Kier alpha value is -3.63. The van der Waals surface area contributed by atoms with Gasteiger partial charge in [0, 0.05) is 5.75 Å². The molecule has 0 aliphatic rings. The highest BCUT2D eigenvalue weighted by Gasteiger charge is 2.17. The van der Waals surface area contributed by atoms with E-state index in [-0.39, 0.29) is 0 Å². The van der Waals surface area contributed by atoms with Crippen LogP contribution in [0.4, 0.5) is 0 Å². The fourth-order valence-electron chi connectivity index (χ4n) is 2.91. The van der Waals surface area contributed by atoms with E-state index in [2.05, 4.69) is 26.3 Å². The lowest BCUT2D eigenvalue weighted by molar-refractivity contribution is 0.827. The first-order chi connectivity index (χ1) is 14.2. The minimum Gasteiger partial charge on any atom is -0.259 e. The first-order valence-electron chi connectivity index (χ1n) is 9.07. The van der Waals surface area contributed by atoms with Crippen LogP contribution < -0.4 is 0 Å². The molecule has 0 unspecified atom stereocenters. The molecule has 0 atom stereocenters. The number of nitrogens with zero attached hydrogens (tertiary/aromatic N) is 5. The maximum atomic E-state index is 9.58. The number of aromatic amines is 1. The lowest BCUT2D eigenvalue weighted by atomic mass is 10.2. The van der Waals surface area contributed by atoms with Crippen molar-refractivity contribution in [2.24, 2.45) is 0 Å². The number of aryl methyl sites for hydroxylation is 1. The van der Waals surface area contributed by atoms with Crippen LogP contribution in [0, 0.1) is 18.3 Å². The van der Waals surface area contributed by atoms with E-state index in [0.717, 1.165) is 16.9 Å². The molecule has 7 heteroatoms. The van der Waals surface area contributed by atoms with Crippen LogP contribution in [0.15, 0.2) is 65.8 Å². The molecule has 29 heavy (non-hydrogen) atoms. The highest BCUT2D eigenvalue weighted by molar-refractivity contribution is 7.98. The van der Waals surface area contributed by atoms with E-state index in [1.165, 1.54) is 11.8 Å². The second-order valence-corrected chi connectivity index (χ2v) is 7.24. The molecule has 2 heterocycles. The highest BCUT2D eigenvalue weighted by atomic mass is 32.2. The molecule has 6 nitrogen and oxygen atoms in total. The average molecular weight is 398 g/mol. The van der Waals surface area contributed by atoms with Crippen molar-refractivity contribution in [3.05, 3.63) is 89.0 Å². The van der Waals surface area contributed by atoms with Gasteiger partial charge in [-0.2, -0.15) is 10.4 Å². The largest absolute Gasteiger partial charge is 0.259 e. The van der Waals surface area contributed by atoms with Crippen molar-refractivity contribution >= 4 is 23.9 Å². The summed E-state index contributed by atoms with van der Waals surface area (Å²) in [6.07, 6.45) is 3.88. The molecule has 2 aromatic heterocycles. The van der Waals surface area contributed by atoms with Crippen LogP contribution >= 0.6 is 11.8 Å². The SMILES string of the molecule is Cc1nn(-c2ccccc2)c(CSc2n[nH]c(/C=C/c3ccccc3)n2)c1C#N. The van der Waals surface area contributed by atoms with E-state index in [1.54, 1.807) is 0 Å². The predicted octanol–water partition coefficient (Wildman–Crippen LogP) is 4.63. The molecule has 1 N–H and O–H groups in total. The second-order valence-electron chi connectivity index (χ2n) is 6.30. The lowest BCUT2D eigenvalue weighted by Gasteiger charge is -2.06. The number of rotatable bonds is 6. The van der Waals surface area contributed by atoms with E-state index < -0.39 is 0 Å². The number of hydrogen-bond donors (Lipinski definition) is 1. The molecular formula is C22H18N6S. The van der Waals surface area contributed by atoms with Crippen LogP contribution in [0.3, 0.4) is 0 Å². The number of thioether (sulfide) groups is 1. The van der Waals surface area contributed by atoms with Crippen molar-refractivity contribution in [3.8, 4) is 11.8 Å². The molecule has 0 radical (unpaired) electrons. The normalized spacial score (nSPS) is 11.0. The summed E-state index contributed by atoms with van der Waals surface area (Å²) in [7, 11) is 0. The molecular weight excluding hydrogens is 380 g/mol. The predicted molar refractivity (Wildman–Crippen MR) is 114 cm³/mol. The first-order valence-corrected chi connectivity index (χ1v) is 10.1. The summed E-state index contributed by atoms with van der Waals surface area (Å²) in [6.45, 7) is 1.85. The quantitative estimate of drug-likeness (QED) is 0.479. The molecule has 4 rings (SSSR count). The Kier molecular flexibility index (Phi) is 5.54. The second kappa shape index (κ2) is 8.59. The van der Waals surface area contributed by atoms with Gasteiger partial charge in [0.15, 0.2) is 0 Å². The third-order valence-electron chi connectivity index (χ3n) is 4.32. The Bertz CT molecular complexity index is 1170. The van der Waals surface area contributed by atoms with Gasteiger partial charge in [0.25, 0.3) is 0 Å². The van der Waals surface area contributed by atoms with Crippen LogP contribution in [-0.2, 0) is 5.75 Å². The standard InChI is InChI=1S/C22H18N6S/c1-16-19(14-23)20(28(27-16)18-10-6-3-7-11-18)15-29-22-24-21(25-26-22)13-12-17-8-4-2-5-9-17/h2-13H,15H2,1H3,(H,24,25,26)/b13-12+. The molecule has 0 amide bonds. The molecule has 0 spiro atoms. The van der Waals surface area contributed by atoms with Crippen LogP contribution in [0.1, 0.15) is 28.3 Å². The number of hydrogen-bond acceptors (Lipinski definition) is 5. The number of H-pyrrole nitrogens is 1. The fraction of sp³-hybridized carbons (Fsp3) is 0.0909. The number of nitriles is 1. The molecule has 0 fully saturated rings. The Morgan fingerprint density at radius 3 is 2.52 bits per heavy atom. The van der Waals surface area contributed by atoms with Crippen molar-refractivity contribution in [2.45, 2.75) is 17.8 Å². The summed E-state index contributed by atoms with van der Waals surface area (Å²) >= 11 is 1.47. The Morgan fingerprint density at radius 2 is 1.79 bits per heavy atom. The maximum Gasteiger partial charge on any atom is 0.209 e. The van der Waals surface area contributed by atoms with Gasteiger partial charge < -0.3 is 0 Å². The lowest BCUT2D eigenvalue weighted by Crippen LogP contribution is -2.02. The van der Waals surface area contributed by atoms with Crippen LogP contribution in [0.5, 0.6) is 0 Å². The van der Waals surface area contributed by atoms with Gasteiger partial charge >= 0.3 is 0 Å². The summed E-state index contributed by atoms with van der Waals surface area (Å²) in [5.41, 5.74) is 4.18. The third kappa shape index (κ3) is 4.28. The van der Waals surface area contributed by atoms with Gasteiger partial charge in [0.1, 0.15) is 11.9 Å². The number of para-hydroxylation sites is 1. The van der Waals surface area contributed by atoms with E-state index in [9.17, 15) is 5.26 Å². The summed E-state index contributed by atoms with van der Waals surface area (Å²) in [6, 6.07) is 22.1. The van der Waals surface area contributed by atoms with Gasteiger partial charge in [0.05, 0.1) is 22.6 Å². The van der Waals surface area contributed by atoms with Crippen LogP contribution in [-0.4, -0.2) is 25.0 Å². The van der Waals surface area contributed by atoms with E-state index in [0.29, 0.717) is 28.0 Å². The Balaban J connectivity index is 1.52. The van der Waals surface area contributed by atoms with Crippen molar-refractivity contribution in [2.75, 3.05) is 0 Å². The topological polar surface area (TPSA) is 83.2 Å². The van der Waals surface area contributed by atoms with Crippen molar-refractivity contribution in [1.29, 1.82) is 5.26 Å². The number of benzene rings is 2. The number of aromatic nitrogens is 5. The van der Waals surface area contributed by atoms with Crippen molar-refractivity contribution < 1.29 is 0 Å². The highest BCUT2D eigenvalue weighted by Crippen LogP contribution is 2.25. The average Bonchev–Trinajstić information content (AvgIpc) is 3.35. The van der Waals surface area contributed by atoms with Crippen molar-refractivity contribution in [1.82, 2.24) is 25.0 Å². The monoisotopic (exact) mass is 398 g/mol. The van der Waals surface area contributed by atoms with Gasteiger partial charge in [-0.1, -0.05) is 66.4 Å². The molecule has 0 saturated carbocycles. The number of nitrogens with one attached hydrogen (secondary N) is 1. The fourth-order valence-corrected chi connectivity index (χ4v) is 3.71. The first kappa shape index (κ1) is 18.7. The molecule has 0 aliphatic carbocycles. The molecule has 142 valence electrons. The van der Waals surface area contributed by atoms with Gasteiger partial charge in [-0.05, 0) is 30.7 Å². The summed E-state index contributed by atoms with van der Waals surface area (Å²) in [5.74, 6) is 1.22. The van der Waals surface area contributed by atoms with Gasteiger partial charge in [-0.15, -0.1) is 5.10 Å². The van der Waals surface area contributed by atoms with Crippen molar-refractivity contribution in [3.63, 3.8) is 0 Å². The molecule has 0 saturated heterocycles. The minimum absolute atomic E-state index is 0.540. The van der Waals surface area contributed by atoms with E-state index in [1.807, 2.05) is 84.4 Å². The van der Waals surface area contributed by atoms with Gasteiger partial charge in [-0.3, -0.25) is 5.10 Å². The Morgan fingerprint density at radius 1 is 1.07 bits per heavy atom. The molecule has 0 bridgehead atoms. The van der Waals surface area contributed by atoms with Gasteiger partial charge in [-0.25, -0.2) is 9.67 Å². The molecule has 2 aromatic carbocycles. The minimum atomic E-state index is 0.540. The molecule has 4 aromatic rings. The zero-order valence-corrected chi connectivity index (χ0v) is 16.6. The molecule has 0 aliphatic heterocycles. The van der Waals surface area contributed by atoms with Crippen LogP contribution in [0.2, 0.25) is 0 Å².